The summed E-state index contributed by atoms with van der Waals surface area (Å²) in [6, 6.07) is 15.7. The summed E-state index contributed by atoms with van der Waals surface area (Å²) in [7, 11) is 0. The van der Waals surface area contributed by atoms with Crippen LogP contribution in [0.3, 0.4) is 0 Å². The van der Waals surface area contributed by atoms with Crippen LogP contribution in [0.15, 0.2) is 54.6 Å². The number of aromatic nitrogens is 2. The molecule has 1 atom stereocenters. The van der Waals surface area contributed by atoms with E-state index in [0.717, 1.165) is 66.7 Å². The van der Waals surface area contributed by atoms with E-state index in [4.69, 9.17) is 14.3 Å². The molecule has 7 nitrogen and oxygen atoms in total. The highest BCUT2D eigenvalue weighted by Crippen LogP contribution is 2.15. The molecule has 1 aliphatic rings. The number of unbranched alkanes of at least 4 members (excludes halogenated alkanes) is 1. The molecule has 2 N–H and O–H groups in total. The fraction of sp³-hybridized carbons (Fsp3) is 0.360. The van der Waals surface area contributed by atoms with Gasteiger partial charge in [-0.1, -0.05) is 24.3 Å². The minimum absolute atomic E-state index is 0.316. The number of ether oxygens (including phenoxy) is 2. The maximum Gasteiger partial charge on any atom is 0.267 e. The number of aryl methyl sites for hydroxylation is 1. The highest BCUT2D eigenvalue weighted by molar-refractivity contribution is 5.90. The number of benzene rings is 2. The van der Waals surface area contributed by atoms with E-state index in [1.165, 1.54) is 6.08 Å². The molecule has 1 aromatic heterocycles. The van der Waals surface area contributed by atoms with Crippen LogP contribution in [-0.4, -0.2) is 35.4 Å². The summed E-state index contributed by atoms with van der Waals surface area (Å²) in [5, 5.41) is 0. The average Bonchev–Trinajstić information content (AvgIpc) is 3.25. The summed E-state index contributed by atoms with van der Waals surface area (Å²) in [5.74, 6) is 1.51. The molecular weight excluding hydrogens is 406 g/mol. The molecule has 2 heterocycles. The van der Waals surface area contributed by atoms with Crippen LogP contribution in [0.25, 0.3) is 17.1 Å². The number of carbonyl (C=O) groups excluding carboxylic acids is 1. The Morgan fingerprint density at radius 2 is 2.03 bits per heavy atom. The third-order valence-electron chi connectivity index (χ3n) is 5.25. The van der Waals surface area contributed by atoms with Crippen molar-refractivity contribution in [2.75, 3.05) is 13.2 Å². The fourth-order valence-corrected chi connectivity index (χ4v) is 3.52. The van der Waals surface area contributed by atoms with Crippen LogP contribution in [-0.2, 0) is 20.8 Å². The van der Waals surface area contributed by atoms with Crippen LogP contribution in [0.4, 0.5) is 0 Å². The molecular formula is C25H29N3O4. The van der Waals surface area contributed by atoms with Gasteiger partial charge >= 0.3 is 0 Å². The molecule has 2 aromatic carbocycles. The molecule has 1 fully saturated rings. The van der Waals surface area contributed by atoms with Gasteiger partial charge in [-0.05, 0) is 61.6 Å². The maximum absolute atomic E-state index is 11.9. The molecule has 3 aromatic rings. The maximum atomic E-state index is 11.9. The Hall–Kier alpha value is -3.16. The largest absolute Gasteiger partial charge is 0.494 e. The Morgan fingerprint density at radius 3 is 2.84 bits per heavy atom. The van der Waals surface area contributed by atoms with E-state index in [0.29, 0.717) is 13.2 Å². The quantitative estimate of drug-likeness (QED) is 0.277. The highest BCUT2D eigenvalue weighted by atomic mass is 16.8. The molecule has 4 rings (SSSR count). The van der Waals surface area contributed by atoms with Gasteiger partial charge in [-0.3, -0.25) is 4.79 Å². The first-order valence-electron chi connectivity index (χ1n) is 11.2. The van der Waals surface area contributed by atoms with Crippen LogP contribution in [0, 0.1) is 0 Å². The Bertz CT molecular complexity index is 990. The van der Waals surface area contributed by atoms with Gasteiger partial charge in [-0.25, -0.2) is 15.3 Å². The van der Waals surface area contributed by atoms with Gasteiger partial charge < -0.3 is 14.5 Å². The summed E-state index contributed by atoms with van der Waals surface area (Å²) < 4.78 is 11.2. The summed E-state index contributed by atoms with van der Waals surface area (Å²) in [4.78, 5) is 25.1. The zero-order valence-corrected chi connectivity index (χ0v) is 18.1. The standard InChI is InChI=1S/C25H29N3O4/c29-24(28-32-25-10-4-6-18-31-25)16-13-19-11-14-20(15-12-19)30-17-5-3-9-23-26-21-7-1-2-8-22(21)27-23/h1-2,7-8,11-16,25H,3-6,9-10,17-18H2,(H,26,27)(H,28,29)/b16-13+. The lowest BCUT2D eigenvalue weighted by atomic mass is 10.2. The Kier molecular flexibility index (Phi) is 7.89. The van der Waals surface area contributed by atoms with Gasteiger partial charge in [-0.2, -0.15) is 0 Å². The van der Waals surface area contributed by atoms with Crippen molar-refractivity contribution in [1.29, 1.82) is 0 Å². The number of aromatic amines is 1. The van der Waals surface area contributed by atoms with Crippen LogP contribution in [0.1, 0.15) is 43.5 Å². The molecule has 0 radical (unpaired) electrons. The zero-order chi connectivity index (χ0) is 22.0. The van der Waals surface area contributed by atoms with E-state index in [9.17, 15) is 4.79 Å². The molecule has 32 heavy (non-hydrogen) atoms. The summed E-state index contributed by atoms with van der Waals surface area (Å²) >= 11 is 0. The lowest BCUT2D eigenvalue weighted by molar-refractivity contribution is -0.198. The molecule has 1 aliphatic heterocycles. The van der Waals surface area contributed by atoms with Crippen molar-refractivity contribution in [3.05, 3.63) is 66.0 Å². The van der Waals surface area contributed by atoms with E-state index >= 15 is 0 Å². The molecule has 0 saturated carbocycles. The molecule has 7 heteroatoms. The van der Waals surface area contributed by atoms with E-state index in [1.54, 1.807) is 6.08 Å². The summed E-state index contributed by atoms with van der Waals surface area (Å²) in [6.45, 7) is 1.32. The number of carbonyl (C=O) groups is 1. The number of H-pyrrole nitrogens is 1. The molecule has 1 amide bonds. The van der Waals surface area contributed by atoms with Crippen molar-refractivity contribution >= 4 is 23.0 Å². The van der Waals surface area contributed by atoms with Crippen molar-refractivity contribution < 1.29 is 19.1 Å². The summed E-state index contributed by atoms with van der Waals surface area (Å²) in [6.07, 6.45) is 8.56. The van der Waals surface area contributed by atoms with Crippen molar-refractivity contribution in [3.8, 4) is 5.75 Å². The monoisotopic (exact) mass is 435 g/mol. The first kappa shape index (κ1) is 22.0. The lowest BCUT2D eigenvalue weighted by Crippen LogP contribution is -2.32. The zero-order valence-electron chi connectivity index (χ0n) is 18.1. The van der Waals surface area contributed by atoms with E-state index in [-0.39, 0.29) is 12.2 Å². The predicted octanol–water partition coefficient (Wildman–Crippen LogP) is 4.55. The van der Waals surface area contributed by atoms with Gasteiger partial charge in [-0.15, -0.1) is 0 Å². The average molecular weight is 436 g/mol. The van der Waals surface area contributed by atoms with Crippen molar-refractivity contribution in [2.24, 2.45) is 0 Å². The number of imidazole rings is 1. The molecule has 0 aliphatic carbocycles. The summed E-state index contributed by atoms with van der Waals surface area (Å²) in [5.41, 5.74) is 5.41. The van der Waals surface area contributed by atoms with Gasteiger partial charge in [0, 0.05) is 25.5 Å². The number of hydrogen-bond acceptors (Lipinski definition) is 5. The first-order valence-corrected chi connectivity index (χ1v) is 11.2. The SMILES string of the molecule is O=C(/C=C/c1ccc(OCCCCc2nc3ccccc3[nH]2)cc1)NOC1CCCCO1. The molecule has 1 unspecified atom stereocenters. The second-order valence-corrected chi connectivity index (χ2v) is 7.79. The van der Waals surface area contributed by atoms with Crippen LogP contribution < -0.4 is 10.2 Å². The first-order chi connectivity index (χ1) is 15.8. The number of para-hydroxylation sites is 2. The third-order valence-corrected chi connectivity index (χ3v) is 5.25. The normalized spacial score (nSPS) is 16.4. The molecule has 1 saturated heterocycles. The van der Waals surface area contributed by atoms with Gasteiger partial charge in [0.1, 0.15) is 11.6 Å². The van der Waals surface area contributed by atoms with Crippen molar-refractivity contribution in [2.45, 2.75) is 44.8 Å². The van der Waals surface area contributed by atoms with Gasteiger partial charge in [0.15, 0.2) is 6.29 Å². The molecule has 0 bridgehead atoms. The number of fused-ring (bicyclic) bond motifs is 1. The number of nitrogens with zero attached hydrogens (tertiary/aromatic N) is 1. The van der Waals surface area contributed by atoms with E-state index in [1.807, 2.05) is 48.5 Å². The molecule has 0 spiro atoms. The van der Waals surface area contributed by atoms with Gasteiger partial charge in [0.2, 0.25) is 0 Å². The highest BCUT2D eigenvalue weighted by Gasteiger charge is 2.14. The Morgan fingerprint density at radius 1 is 1.16 bits per heavy atom. The number of hydrogen-bond donors (Lipinski definition) is 2. The smallest absolute Gasteiger partial charge is 0.267 e. The van der Waals surface area contributed by atoms with Crippen LogP contribution in [0.2, 0.25) is 0 Å². The van der Waals surface area contributed by atoms with Crippen molar-refractivity contribution in [3.63, 3.8) is 0 Å². The van der Waals surface area contributed by atoms with Gasteiger partial charge in [0.05, 0.1) is 17.6 Å². The number of nitrogens with one attached hydrogen (secondary N) is 2. The van der Waals surface area contributed by atoms with Crippen LogP contribution >= 0.6 is 0 Å². The third kappa shape index (κ3) is 6.67. The molecule has 168 valence electrons. The lowest BCUT2D eigenvalue weighted by Gasteiger charge is -2.21. The predicted molar refractivity (Wildman–Crippen MR) is 123 cm³/mol. The Labute approximate surface area is 187 Å². The second-order valence-electron chi connectivity index (χ2n) is 7.79. The second kappa shape index (κ2) is 11.5. The van der Waals surface area contributed by atoms with Crippen molar-refractivity contribution in [1.82, 2.24) is 15.4 Å². The van der Waals surface area contributed by atoms with Gasteiger partial charge in [0.25, 0.3) is 5.91 Å². The minimum atomic E-state index is -0.351. The fourth-order valence-electron chi connectivity index (χ4n) is 3.52. The number of rotatable bonds is 10. The topological polar surface area (TPSA) is 85.5 Å². The van der Waals surface area contributed by atoms with Crippen LogP contribution in [0.5, 0.6) is 5.75 Å². The number of amides is 1. The minimum Gasteiger partial charge on any atom is -0.494 e. The van der Waals surface area contributed by atoms with E-state index < -0.39 is 0 Å². The Balaban J connectivity index is 1.12. The van der Waals surface area contributed by atoms with E-state index in [2.05, 4.69) is 15.4 Å². The number of hydroxylamine groups is 1.